The molecule has 0 saturated carbocycles. The van der Waals surface area contributed by atoms with Gasteiger partial charge in [0.15, 0.2) is 0 Å². The number of benzene rings is 1. The maximum absolute atomic E-state index is 12.4. The van der Waals surface area contributed by atoms with Crippen LogP contribution in [0.3, 0.4) is 0 Å². The lowest BCUT2D eigenvalue weighted by Gasteiger charge is -2.23. The smallest absolute Gasteiger partial charge is 0.327 e. The van der Waals surface area contributed by atoms with Gasteiger partial charge in [-0.3, -0.25) is 14.5 Å². The minimum absolute atomic E-state index is 0.00531. The zero-order valence-corrected chi connectivity index (χ0v) is 13.9. The summed E-state index contributed by atoms with van der Waals surface area (Å²) in [5.74, 6) is -1.81. The van der Waals surface area contributed by atoms with Crippen molar-refractivity contribution in [3.63, 3.8) is 0 Å². The molecule has 2 amide bonds. The third kappa shape index (κ3) is 2.75. The highest BCUT2D eigenvalue weighted by Gasteiger charge is 2.49. The third-order valence-corrected chi connectivity index (χ3v) is 4.37. The summed E-state index contributed by atoms with van der Waals surface area (Å²) >= 11 is 5.92. The monoisotopic (exact) mass is 349 g/mol. The molecule has 1 aliphatic rings. The van der Waals surface area contributed by atoms with Crippen LogP contribution >= 0.6 is 11.6 Å². The standard InChI is InChI=1S/C16H16ClN3O4/c1-16(2)7-13(21)20(15(16)24)11(14(22)23)6-12-18-9-4-3-8(17)5-10(9)19-12/h3-5,11H,6-7H2,1-2H3,(H,18,19)(H,22,23)/t11-/m1/s1. The van der Waals surface area contributed by atoms with Gasteiger partial charge in [-0.1, -0.05) is 25.4 Å². The molecule has 0 radical (unpaired) electrons. The second-order valence-electron chi connectivity index (χ2n) is 6.53. The molecule has 7 nitrogen and oxygen atoms in total. The van der Waals surface area contributed by atoms with Crippen LogP contribution in [-0.4, -0.2) is 43.8 Å². The summed E-state index contributed by atoms with van der Waals surface area (Å²) in [5, 5.41) is 10.0. The Morgan fingerprint density at radius 1 is 1.46 bits per heavy atom. The maximum Gasteiger partial charge on any atom is 0.327 e. The number of carbonyl (C=O) groups is 3. The van der Waals surface area contributed by atoms with E-state index in [0.717, 1.165) is 4.90 Å². The number of halogens is 1. The largest absolute Gasteiger partial charge is 0.480 e. The van der Waals surface area contributed by atoms with Crippen LogP contribution in [0.1, 0.15) is 26.1 Å². The van der Waals surface area contributed by atoms with E-state index in [1.54, 1.807) is 32.0 Å². The summed E-state index contributed by atoms with van der Waals surface area (Å²) in [5.41, 5.74) is 0.422. The Kier molecular flexibility index (Phi) is 3.83. The van der Waals surface area contributed by atoms with Gasteiger partial charge in [0.2, 0.25) is 11.8 Å². The number of nitrogens with one attached hydrogen (secondary N) is 1. The first-order valence-corrected chi connectivity index (χ1v) is 7.80. The number of hydrogen-bond acceptors (Lipinski definition) is 4. The van der Waals surface area contributed by atoms with Crippen molar-refractivity contribution in [3.8, 4) is 0 Å². The molecule has 1 aromatic heterocycles. The van der Waals surface area contributed by atoms with E-state index in [4.69, 9.17) is 11.6 Å². The number of carboxylic acid groups (broad SMARTS) is 1. The fraction of sp³-hybridized carbons (Fsp3) is 0.375. The van der Waals surface area contributed by atoms with Crippen molar-refractivity contribution in [1.29, 1.82) is 0 Å². The lowest BCUT2D eigenvalue weighted by molar-refractivity contribution is -0.155. The molecule has 3 rings (SSSR count). The quantitative estimate of drug-likeness (QED) is 0.822. The summed E-state index contributed by atoms with van der Waals surface area (Å²) in [6, 6.07) is 3.78. The highest BCUT2D eigenvalue weighted by atomic mass is 35.5. The van der Waals surface area contributed by atoms with Crippen LogP contribution in [0, 0.1) is 5.41 Å². The molecule has 2 aromatic rings. The van der Waals surface area contributed by atoms with E-state index in [2.05, 4.69) is 9.97 Å². The molecule has 0 bridgehead atoms. The molecule has 0 unspecified atom stereocenters. The van der Waals surface area contributed by atoms with Crippen LogP contribution < -0.4 is 0 Å². The molecule has 2 N–H and O–H groups in total. The number of aromatic nitrogens is 2. The van der Waals surface area contributed by atoms with Crippen molar-refractivity contribution in [2.24, 2.45) is 5.41 Å². The summed E-state index contributed by atoms with van der Waals surface area (Å²) in [7, 11) is 0. The third-order valence-electron chi connectivity index (χ3n) is 4.14. The molecule has 1 fully saturated rings. The molecular weight excluding hydrogens is 334 g/mol. The molecule has 1 aliphatic heterocycles. The Hall–Kier alpha value is -2.41. The lowest BCUT2D eigenvalue weighted by atomic mass is 9.92. The first-order valence-electron chi connectivity index (χ1n) is 7.42. The first-order chi connectivity index (χ1) is 11.2. The summed E-state index contributed by atoms with van der Waals surface area (Å²) in [6.07, 6.45) is -0.0828. The van der Waals surface area contributed by atoms with E-state index in [9.17, 15) is 19.5 Å². The van der Waals surface area contributed by atoms with Gasteiger partial charge in [-0.05, 0) is 18.2 Å². The van der Waals surface area contributed by atoms with Gasteiger partial charge in [0.1, 0.15) is 11.9 Å². The minimum atomic E-state index is -1.29. The van der Waals surface area contributed by atoms with E-state index in [0.29, 0.717) is 21.9 Å². The molecule has 0 spiro atoms. The van der Waals surface area contributed by atoms with Gasteiger partial charge in [0.25, 0.3) is 0 Å². The van der Waals surface area contributed by atoms with E-state index in [1.165, 1.54) is 0 Å². The number of H-pyrrole nitrogens is 1. The average Bonchev–Trinajstić information content (AvgIpc) is 2.95. The summed E-state index contributed by atoms with van der Waals surface area (Å²) < 4.78 is 0. The number of rotatable bonds is 4. The fourth-order valence-electron chi connectivity index (χ4n) is 2.90. The molecule has 126 valence electrons. The van der Waals surface area contributed by atoms with Gasteiger partial charge in [-0.2, -0.15) is 0 Å². The number of aromatic amines is 1. The average molecular weight is 350 g/mol. The van der Waals surface area contributed by atoms with Crippen molar-refractivity contribution >= 4 is 40.4 Å². The molecule has 0 aliphatic carbocycles. The lowest BCUT2D eigenvalue weighted by Crippen LogP contribution is -2.47. The van der Waals surface area contributed by atoms with Gasteiger partial charge < -0.3 is 10.1 Å². The number of hydrogen-bond donors (Lipinski definition) is 2. The zero-order valence-electron chi connectivity index (χ0n) is 13.2. The van der Waals surface area contributed by atoms with E-state index in [-0.39, 0.29) is 12.8 Å². The summed E-state index contributed by atoms with van der Waals surface area (Å²) in [6.45, 7) is 3.27. The van der Waals surface area contributed by atoms with Crippen LogP contribution in [-0.2, 0) is 20.8 Å². The van der Waals surface area contributed by atoms with Crippen LogP contribution in [0.25, 0.3) is 11.0 Å². The number of imidazole rings is 1. The number of carboxylic acids is 1. The van der Waals surface area contributed by atoms with Gasteiger partial charge in [-0.25, -0.2) is 9.78 Å². The molecule has 2 heterocycles. The molecule has 1 aromatic carbocycles. The zero-order chi connectivity index (χ0) is 17.6. The number of amides is 2. The highest BCUT2D eigenvalue weighted by molar-refractivity contribution is 6.31. The number of likely N-dealkylation sites (tertiary alicyclic amines) is 1. The predicted octanol–water partition coefficient (Wildman–Crippen LogP) is 2.00. The summed E-state index contributed by atoms with van der Waals surface area (Å²) in [4.78, 5) is 44.3. The number of carbonyl (C=O) groups excluding carboxylic acids is 2. The number of aliphatic carboxylic acids is 1. The predicted molar refractivity (Wildman–Crippen MR) is 86.5 cm³/mol. The van der Waals surface area contributed by atoms with Crippen LogP contribution in [0.5, 0.6) is 0 Å². The number of fused-ring (bicyclic) bond motifs is 1. The Labute approximate surface area is 142 Å². The molecule has 1 saturated heterocycles. The van der Waals surface area contributed by atoms with Gasteiger partial charge in [0, 0.05) is 17.9 Å². The Balaban J connectivity index is 1.93. The Morgan fingerprint density at radius 2 is 2.17 bits per heavy atom. The second kappa shape index (κ2) is 5.59. The first kappa shape index (κ1) is 16.4. The topological polar surface area (TPSA) is 103 Å². The van der Waals surface area contributed by atoms with Crippen molar-refractivity contribution in [3.05, 3.63) is 29.0 Å². The Bertz CT molecular complexity index is 858. The minimum Gasteiger partial charge on any atom is -0.480 e. The SMILES string of the molecule is CC1(C)CC(=O)N([C@H](Cc2nc3ccc(Cl)cc3[nH]2)C(=O)O)C1=O. The molecule has 1 atom stereocenters. The highest BCUT2D eigenvalue weighted by Crippen LogP contribution is 2.33. The van der Waals surface area contributed by atoms with Gasteiger partial charge in [-0.15, -0.1) is 0 Å². The number of imide groups is 1. The van der Waals surface area contributed by atoms with Crippen molar-refractivity contribution < 1.29 is 19.5 Å². The molecular formula is C16H16ClN3O4. The Morgan fingerprint density at radius 3 is 2.75 bits per heavy atom. The van der Waals surface area contributed by atoms with Crippen molar-refractivity contribution in [1.82, 2.24) is 14.9 Å². The van der Waals surface area contributed by atoms with Crippen molar-refractivity contribution in [2.45, 2.75) is 32.7 Å². The van der Waals surface area contributed by atoms with Gasteiger partial charge >= 0.3 is 5.97 Å². The van der Waals surface area contributed by atoms with Crippen LogP contribution in [0.2, 0.25) is 5.02 Å². The van der Waals surface area contributed by atoms with Crippen LogP contribution in [0.15, 0.2) is 18.2 Å². The fourth-order valence-corrected chi connectivity index (χ4v) is 3.07. The van der Waals surface area contributed by atoms with E-state index in [1.807, 2.05) is 0 Å². The van der Waals surface area contributed by atoms with Crippen molar-refractivity contribution in [2.75, 3.05) is 0 Å². The normalized spacial score (nSPS) is 18.4. The van der Waals surface area contributed by atoms with Crippen LogP contribution in [0.4, 0.5) is 0 Å². The maximum atomic E-state index is 12.4. The van der Waals surface area contributed by atoms with E-state index < -0.39 is 29.2 Å². The number of nitrogens with zero attached hydrogens (tertiary/aromatic N) is 2. The molecule has 8 heteroatoms. The second-order valence-corrected chi connectivity index (χ2v) is 6.97. The molecule has 24 heavy (non-hydrogen) atoms. The van der Waals surface area contributed by atoms with E-state index >= 15 is 0 Å². The van der Waals surface area contributed by atoms with Gasteiger partial charge in [0.05, 0.1) is 16.4 Å².